The highest BCUT2D eigenvalue weighted by Gasteiger charge is 2.34. The van der Waals surface area contributed by atoms with Gasteiger partial charge in [-0.3, -0.25) is 0 Å². The van der Waals surface area contributed by atoms with E-state index in [0.29, 0.717) is 6.61 Å². The number of hydrogen-bond donors (Lipinski definition) is 1. The first-order valence-electron chi connectivity index (χ1n) is 6.90. The normalized spacial score (nSPS) is 12.6. The van der Waals surface area contributed by atoms with Gasteiger partial charge in [0.25, 0.3) is 0 Å². The van der Waals surface area contributed by atoms with Crippen LogP contribution >= 0.6 is 0 Å². The van der Waals surface area contributed by atoms with Gasteiger partial charge in [-0.15, -0.1) is 6.42 Å². The number of ether oxygens (including phenoxy) is 1. The van der Waals surface area contributed by atoms with E-state index >= 15 is 0 Å². The SMILES string of the molecule is C#CC(OCc1ccccc1)C(C)(C)c1cc(O)cc(=O)o1. The van der Waals surface area contributed by atoms with Crippen molar-refractivity contribution >= 4 is 0 Å². The van der Waals surface area contributed by atoms with Crippen LogP contribution in [0.25, 0.3) is 0 Å². The minimum atomic E-state index is -0.762. The molecule has 0 spiro atoms. The largest absolute Gasteiger partial charge is 0.508 e. The van der Waals surface area contributed by atoms with Crippen molar-refractivity contribution in [2.45, 2.75) is 32.0 Å². The van der Waals surface area contributed by atoms with Gasteiger partial charge in [0.1, 0.15) is 17.6 Å². The van der Waals surface area contributed by atoms with Crippen molar-refractivity contribution in [3.63, 3.8) is 0 Å². The highest BCUT2D eigenvalue weighted by Crippen LogP contribution is 2.30. The van der Waals surface area contributed by atoms with Gasteiger partial charge in [-0.2, -0.15) is 0 Å². The molecule has 0 radical (unpaired) electrons. The average Bonchev–Trinajstić information content (AvgIpc) is 2.47. The van der Waals surface area contributed by atoms with E-state index < -0.39 is 17.1 Å². The zero-order valence-electron chi connectivity index (χ0n) is 12.6. The molecule has 114 valence electrons. The molecule has 0 aliphatic carbocycles. The lowest BCUT2D eigenvalue weighted by Gasteiger charge is -2.29. The first-order valence-corrected chi connectivity index (χ1v) is 6.90. The fourth-order valence-corrected chi connectivity index (χ4v) is 2.13. The van der Waals surface area contributed by atoms with Crippen LogP contribution < -0.4 is 5.63 Å². The Labute approximate surface area is 129 Å². The molecule has 2 aromatic rings. The van der Waals surface area contributed by atoms with Crippen LogP contribution in [0.2, 0.25) is 0 Å². The van der Waals surface area contributed by atoms with Crippen LogP contribution in [0.4, 0.5) is 0 Å². The van der Waals surface area contributed by atoms with Crippen molar-refractivity contribution in [3.8, 4) is 18.1 Å². The summed E-state index contributed by atoms with van der Waals surface area (Å²) in [6, 6.07) is 12.0. The maximum atomic E-state index is 11.4. The van der Waals surface area contributed by atoms with Gasteiger partial charge in [0.2, 0.25) is 0 Å². The van der Waals surface area contributed by atoms with E-state index in [-0.39, 0.29) is 11.5 Å². The van der Waals surface area contributed by atoms with Crippen molar-refractivity contribution < 1.29 is 14.3 Å². The van der Waals surface area contributed by atoms with Crippen LogP contribution in [0, 0.1) is 12.3 Å². The summed E-state index contributed by atoms with van der Waals surface area (Å²) < 4.78 is 11.0. The Balaban J connectivity index is 2.21. The topological polar surface area (TPSA) is 59.7 Å². The van der Waals surface area contributed by atoms with E-state index in [1.54, 1.807) is 13.8 Å². The zero-order chi connectivity index (χ0) is 16.2. The summed E-state index contributed by atoms with van der Waals surface area (Å²) in [6.07, 6.45) is 4.97. The van der Waals surface area contributed by atoms with Gasteiger partial charge in [0.05, 0.1) is 18.1 Å². The Morgan fingerprint density at radius 2 is 2.00 bits per heavy atom. The Bertz CT molecular complexity index is 723. The fraction of sp³-hybridized carbons (Fsp3) is 0.278. The monoisotopic (exact) mass is 298 g/mol. The van der Waals surface area contributed by atoms with Crippen molar-refractivity contribution in [2.75, 3.05) is 0 Å². The van der Waals surface area contributed by atoms with Gasteiger partial charge in [0, 0.05) is 6.07 Å². The van der Waals surface area contributed by atoms with E-state index in [1.807, 2.05) is 30.3 Å². The molecular weight excluding hydrogens is 280 g/mol. The number of hydrogen-bond acceptors (Lipinski definition) is 4. The molecule has 1 aromatic carbocycles. The molecule has 4 nitrogen and oxygen atoms in total. The Morgan fingerprint density at radius 1 is 1.32 bits per heavy atom. The third-order valence-electron chi connectivity index (χ3n) is 3.46. The summed E-state index contributed by atoms with van der Waals surface area (Å²) in [7, 11) is 0. The van der Waals surface area contributed by atoms with Gasteiger partial charge in [-0.1, -0.05) is 36.3 Å². The van der Waals surface area contributed by atoms with Gasteiger partial charge in [-0.05, 0) is 19.4 Å². The van der Waals surface area contributed by atoms with Crippen molar-refractivity contribution in [1.29, 1.82) is 0 Å². The molecule has 4 heteroatoms. The quantitative estimate of drug-likeness (QED) is 0.862. The molecule has 2 rings (SSSR count). The molecule has 22 heavy (non-hydrogen) atoms. The van der Waals surface area contributed by atoms with Gasteiger partial charge < -0.3 is 14.3 Å². The van der Waals surface area contributed by atoms with Gasteiger partial charge in [0.15, 0.2) is 0 Å². The summed E-state index contributed by atoms with van der Waals surface area (Å²) in [5.74, 6) is 2.72. The molecule has 0 fully saturated rings. The number of benzene rings is 1. The second-order valence-electron chi connectivity index (χ2n) is 5.56. The Kier molecular flexibility index (Phi) is 4.69. The van der Waals surface area contributed by atoms with Crippen LogP contribution in [0.3, 0.4) is 0 Å². The lowest BCUT2D eigenvalue weighted by molar-refractivity contribution is 0.0260. The van der Waals surface area contributed by atoms with Crippen LogP contribution in [-0.4, -0.2) is 11.2 Å². The maximum absolute atomic E-state index is 11.4. The van der Waals surface area contributed by atoms with E-state index in [9.17, 15) is 9.90 Å². The van der Waals surface area contributed by atoms with Gasteiger partial charge >= 0.3 is 5.63 Å². The summed E-state index contributed by atoms with van der Waals surface area (Å²) in [5.41, 5.74) is -0.389. The van der Waals surface area contributed by atoms with Crippen LogP contribution in [0.5, 0.6) is 5.75 Å². The molecule has 0 saturated carbocycles. The predicted octanol–water partition coefficient (Wildman–Crippen LogP) is 2.84. The van der Waals surface area contributed by atoms with E-state index in [0.717, 1.165) is 11.6 Å². The average molecular weight is 298 g/mol. The summed E-state index contributed by atoms with van der Waals surface area (Å²) in [5, 5.41) is 9.57. The van der Waals surface area contributed by atoms with Crippen LogP contribution in [0.15, 0.2) is 51.7 Å². The molecular formula is C18H18O4. The molecule has 0 bridgehead atoms. The molecule has 0 aliphatic heterocycles. The first kappa shape index (κ1) is 15.9. The van der Waals surface area contributed by atoms with Crippen molar-refractivity contribution in [3.05, 3.63) is 64.2 Å². The second-order valence-corrected chi connectivity index (χ2v) is 5.56. The van der Waals surface area contributed by atoms with Crippen molar-refractivity contribution in [2.24, 2.45) is 0 Å². The van der Waals surface area contributed by atoms with E-state index in [2.05, 4.69) is 5.92 Å². The molecule has 1 unspecified atom stereocenters. The predicted molar refractivity (Wildman–Crippen MR) is 83.5 cm³/mol. The van der Waals surface area contributed by atoms with E-state index in [1.165, 1.54) is 6.07 Å². The van der Waals surface area contributed by atoms with E-state index in [4.69, 9.17) is 15.6 Å². The summed E-state index contributed by atoms with van der Waals surface area (Å²) in [6.45, 7) is 3.96. The van der Waals surface area contributed by atoms with Crippen LogP contribution in [-0.2, 0) is 16.8 Å². The summed E-state index contributed by atoms with van der Waals surface area (Å²) >= 11 is 0. The lowest BCUT2D eigenvalue weighted by atomic mass is 9.83. The highest BCUT2D eigenvalue weighted by atomic mass is 16.5. The molecule has 0 amide bonds. The number of aromatic hydroxyl groups is 1. The van der Waals surface area contributed by atoms with Crippen LogP contribution in [0.1, 0.15) is 25.2 Å². The molecule has 1 aromatic heterocycles. The second kappa shape index (κ2) is 6.50. The summed E-state index contributed by atoms with van der Waals surface area (Å²) in [4.78, 5) is 11.4. The van der Waals surface area contributed by atoms with Gasteiger partial charge in [-0.25, -0.2) is 4.79 Å². The molecule has 1 atom stereocenters. The maximum Gasteiger partial charge on any atom is 0.339 e. The Morgan fingerprint density at radius 3 is 2.59 bits per heavy atom. The standard InChI is InChI=1S/C18H18O4/c1-4-15(21-12-13-8-6-5-7-9-13)18(2,3)16-10-14(19)11-17(20)22-16/h1,5-11,15,19H,12H2,2-3H3. The number of rotatable bonds is 5. The Hall–Kier alpha value is -2.51. The minimum absolute atomic E-state index is 0.154. The molecule has 1 heterocycles. The molecule has 0 aliphatic rings. The minimum Gasteiger partial charge on any atom is -0.508 e. The lowest BCUT2D eigenvalue weighted by Crippen LogP contribution is -2.35. The smallest absolute Gasteiger partial charge is 0.339 e. The third kappa shape index (κ3) is 3.57. The molecule has 1 N–H and O–H groups in total. The fourth-order valence-electron chi connectivity index (χ4n) is 2.13. The highest BCUT2D eigenvalue weighted by molar-refractivity contribution is 5.27. The van der Waals surface area contributed by atoms with Crippen molar-refractivity contribution in [1.82, 2.24) is 0 Å². The first-order chi connectivity index (χ1) is 10.4. The third-order valence-corrected chi connectivity index (χ3v) is 3.46. The zero-order valence-corrected chi connectivity index (χ0v) is 12.6. The molecule has 0 saturated heterocycles. The number of terminal acetylenes is 1.